The van der Waals surface area contributed by atoms with Crippen molar-refractivity contribution in [2.45, 2.75) is 51.5 Å². The first-order valence-electron chi connectivity index (χ1n) is 9.19. The van der Waals surface area contributed by atoms with Crippen molar-refractivity contribution < 1.29 is 4.79 Å². The average Bonchev–Trinajstić information content (AvgIpc) is 3.10. The molecule has 2 fully saturated rings. The number of nitrogens with zero attached hydrogens (tertiary/aromatic N) is 3. The van der Waals surface area contributed by atoms with Crippen LogP contribution in [-0.4, -0.2) is 57.6 Å². The molecule has 2 aliphatic heterocycles. The van der Waals surface area contributed by atoms with Crippen LogP contribution >= 0.6 is 23.3 Å². The minimum absolute atomic E-state index is 0.0141. The first kappa shape index (κ1) is 18.1. The average molecular weight is 369 g/mol. The molecule has 1 aromatic rings. The Kier molecular flexibility index (Phi) is 6.92. The van der Waals surface area contributed by atoms with Crippen LogP contribution in [0.5, 0.6) is 0 Å². The van der Waals surface area contributed by atoms with Crippen molar-refractivity contribution in [2.24, 2.45) is 5.92 Å². The molecule has 0 aromatic carbocycles. The van der Waals surface area contributed by atoms with Crippen LogP contribution in [0.4, 0.5) is 0 Å². The van der Waals surface area contributed by atoms with E-state index < -0.39 is 0 Å². The Labute approximate surface area is 153 Å². The van der Waals surface area contributed by atoms with Crippen LogP contribution in [0.25, 0.3) is 0 Å². The van der Waals surface area contributed by atoms with Crippen LogP contribution in [0, 0.1) is 5.92 Å². The standard InChI is InChI=1S/C17H28N4OS2/c1-2-3-15-16(24-20-19-15)17(22)18-12-13-4-8-21(9-5-13)14-6-10-23-11-7-14/h13-14H,2-12H2,1H3,(H,18,22). The number of rotatable bonds is 6. The van der Waals surface area contributed by atoms with Crippen LogP contribution in [0.15, 0.2) is 0 Å². The Balaban J connectivity index is 1.41. The van der Waals surface area contributed by atoms with Crippen LogP contribution < -0.4 is 5.32 Å². The van der Waals surface area contributed by atoms with Gasteiger partial charge < -0.3 is 10.2 Å². The van der Waals surface area contributed by atoms with Crippen LogP contribution in [0.1, 0.15) is 54.4 Å². The van der Waals surface area contributed by atoms with E-state index in [-0.39, 0.29) is 5.91 Å². The maximum absolute atomic E-state index is 12.4. The predicted molar refractivity (Wildman–Crippen MR) is 101 cm³/mol. The molecular weight excluding hydrogens is 340 g/mol. The number of carbonyl (C=O) groups excluding carboxylic acids is 1. The Hall–Kier alpha value is -0.660. The second-order valence-corrected chi connectivity index (χ2v) is 8.81. The number of aryl methyl sites for hydroxylation is 1. The summed E-state index contributed by atoms with van der Waals surface area (Å²) in [6, 6.07) is 0.807. The minimum Gasteiger partial charge on any atom is -0.351 e. The molecule has 2 saturated heterocycles. The molecule has 1 amide bonds. The van der Waals surface area contributed by atoms with E-state index in [0.717, 1.165) is 31.1 Å². The third-order valence-corrected chi connectivity index (χ3v) is 6.97. The molecule has 0 saturated carbocycles. The van der Waals surface area contributed by atoms with E-state index in [0.29, 0.717) is 10.8 Å². The molecule has 7 heteroatoms. The van der Waals surface area contributed by atoms with Crippen molar-refractivity contribution >= 4 is 29.2 Å². The van der Waals surface area contributed by atoms with Crippen molar-refractivity contribution in [3.05, 3.63) is 10.6 Å². The van der Waals surface area contributed by atoms with Crippen molar-refractivity contribution in [1.82, 2.24) is 19.8 Å². The fraction of sp³-hybridized carbons (Fsp3) is 0.824. The van der Waals surface area contributed by atoms with Crippen molar-refractivity contribution in [2.75, 3.05) is 31.1 Å². The Bertz CT molecular complexity index is 522. The number of thioether (sulfide) groups is 1. The lowest BCUT2D eigenvalue weighted by Gasteiger charge is -2.39. The zero-order valence-corrected chi connectivity index (χ0v) is 16.1. The van der Waals surface area contributed by atoms with Gasteiger partial charge in [0.15, 0.2) is 0 Å². The van der Waals surface area contributed by atoms with Crippen LogP contribution in [0.2, 0.25) is 0 Å². The quantitative estimate of drug-likeness (QED) is 0.837. The van der Waals surface area contributed by atoms with Gasteiger partial charge in [0.05, 0.1) is 5.69 Å². The maximum atomic E-state index is 12.4. The summed E-state index contributed by atoms with van der Waals surface area (Å²) in [5.41, 5.74) is 0.852. The Morgan fingerprint density at radius 3 is 2.71 bits per heavy atom. The van der Waals surface area contributed by atoms with E-state index in [1.165, 1.54) is 61.8 Å². The molecule has 24 heavy (non-hydrogen) atoms. The molecule has 0 bridgehead atoms. The van der Waals surface area contributed by atoms with Crippen molar-refractivity contribution in [3.63, 3.8) is 0 Å². The number of nitrogens with one attached hydrogen (secondary N) is 1. The zero-order chi connectivity index (χ0) is 16.8. The number of hydrogen-bond donors (Lipinski definition) is 1. The highest BCUT2D eigenvalue weighted by molar-refractivity contribution is 7.99. The Morgan fingerprint density at radius 1 is 1.25 bits per heavy atom. The molecule has 0 radical (unpaired) electrons. The van der Waals surface area contributed by atoms with Gasteiger partial charge in [-0.2, -0.15) is 11.8 Å². The lowest BCUT2D eigenvalue weighted by atomic mass is 9.94. The van der Waals surface area contributed by atoms with Gasteiger partial charge in [-0.15, -0.1) is 5.10 Å². The third kappa shape index (κ3) is 4.70. The molecule has 0 aliphatic carbocycles. The van der Waals surface area contributed by atoms with Gasteiger partial charge in [0.2, 0.25) is 0 Å². The van der Waals surface area contributed by atoms with Gasteiger partial charge in [-0.1, -0.05) is 17.8 Å². The normalized spacial score (nSPS) is 21.0. The summed E-state index contributed by atoms with van der Waals surface area (Å²) >= 11 is 3.31. The molecule has 3 rings (SSSR count). The fourth-order valence-electron chi connectivity index (χ4n) is 3.67. The van der Waals surface area contributed by atoms with E-state index in [1.54, 1.807) is 0 Å². The van der Waals surface area contributed by atoms with Gasteiger partial charge >= 0.3 is 0 Å². The first-order chi connectivity index (χ1) is 11.8. The molecule has 2 aliphatic rings. The predicted octanol–water partition coefficient (Wildman–Crippen LogP) is 2.83. The van der Waals surface area contributed by atoms with E-state index in [9.17, 15) is 4.79 Å². The summed E-state index contributed by atoms with van der Waals surface area (Å²) in [6.07, 6.45) is 6.93. The SMILES string of the molecule is CCCc1nnsc1C(=O)NCC1CCN(C2CCSCC2)CC1. The number of carbonyl (C=O) groups is 1. The molecule has 0 spiro atoms. The van der Waals surface area contributed by atoms with Gasteiger partial charge in [-0.25, -0.2) is 0 Å². The third-order valence-electron chi connectivity index (χ3n) is 5.16. The van der Waals surface area contributed by atoms with Crippen LogP contribution in [-0.2, 0) is 6.42 Å². The maximum Gasteiger partial charge on any atom is 0.264 e. The van der Waals surface area contributed by atoms with Crippen molar-refractivity contribution in [1.29, 1.82) is 0 Å². The summed E-state index contributed by atoms with van der Waals surface area (Å²) in [6.45, 7) is 5.27. The lowest BCUT2D eigenvalue weighted by molar-refractivity contribution is 0.0923. The molecule has 5 nitrogen and oxygen atoms in total. The highest BCUT2D eigenvalue weighted by Crippen LogP contribution is 2.26. The monoisotopic (exact) mass is 368 g/mol. The minimum atomic E-state index is 0.0141. The summed E-state index contributed by atoms with van der Waals surface area (Å²) in [5.74, 6) is 3.27. The van der Waals surface area contributed by atoms with Gasteiger partial charge in [0, 0.05) is 12.6 Å². The number of hydrogen-bond acceptors (Lipinski definition) is 6. The molecule has 1 aromatic heterocycles. The smallest absolute Gasteiger partial charge is 0.264 e. The summed E-state index contributed by atoms with van der Waals surface area (Å²) < 4.78 is 3.94. The number of amides is 1. The molecule has 1 N–H and O–H groups in total. The van der Waals surface area contributed by atoms with E-state index >= 15 is 0 Å². The largest absolute Gasteiger partial charge is 0.351 e. The van der Waals surface area contributed by atoms with Crippen LogP contribution in [0.3, 0.4) is 0 Å². The highest BCUT2D eigenvalue weighted by atomic mass is 32.2. The number of piperidine rings is 1. The molecular formula is C17H28N4OS2. The van der Waals surface area contributed by atoms with Gasteiger partial charge in [0.25, 0.3) is 5.91 Å². The fourth-order valence-corrected chi connectivity index (χ4v) is 5.38. The van der Waals surface area contributed by atoms with E-state index in [1.807, 2.05) is 0 Å². The number of aromatic nitrogens is 2. The summed E-state index contributed by atoms with van der Waals surface area (Å²) in [7, 11) is 0. The first-order valence-corrected chi connectivity index (χ1v) is 11.1. The number of likely N-dealkylation sites (tertiary alicyclic amines) is 1. The van der Waals surface area contributed by atoms with Gasteiger partial charge in [-0.3, -0.25) is 4.79 Å². The topological polar surface area (TPSA) is 58.1 Å². The molecule has 0 atom stereocenters. The van der Waals surface area contributed by atoms with E-state index in [2.05, 4.69) is 38.5 Å². The Morgan fingerprint density at radius 2 is 2.00 bits per heavy atom. The summed E-state index contributed by atoms with van der Waals surface area (Å²) in [4.78, 5) is 15.8. The van der Waals surface area contributed by atoms with Gasteiger partial charge in [-0.05, 0) is 74.1 Å². The zero-order valence-electron chi connectivity index (χ0n) is 14.5. The lowest BCUT2D eigenvalue weighted by Crippen LogP contribution is -2.45. The molecule has 134 valence electrons. The molecule has 0 unspecified atom stereocenters. The highest BCUT2D eigenvalue weighted by Gasteiger charge is 2.26. The van der Waals surface area contributed by atoms with Crippen molar-refractivity contribution in [3.8, 4) is 0 Å². The second kappa shape index (κ2) is 9.15. The second-order valence-electron chi connectivity index (χ2n) is 6.83. The summed E-state index contributed by atoms with van der Waals surface area (Å²) in [5, 5.41) is 7.20. The van der Waals surface area contributed by atoms with Gasteiger partial charge in [0.1, 0.15) is 4.88 Å². The molecule has 3 heterocycles. The van der Waals surface area contributed by atoms with E-state index in [4.69, 9.17) is 0 Å².